The lowest BCUT2D eigenvalue weighted by molar-refractivity contribution is -0.139. The number of thiophene rings is 1. The molecule has 3 heterocycles. The Bertz CT molecular complexity index is 1090. The van der Waals surface area contributed by atoms with Crippen molar-refractivity contribution in [1.82, 2.24) is 10.2 Å². The molecule has 4 rings (SSSR count). The van der Waals surface area contributed by atoms with Crippen molar-refractivity contribution in [2.75, 3.05) is 26.9 Å². The van der Waals surface area contributed by atoms with Gasteiger partial charge in [0.15, 0.2) is 5.17 Å². The summed E-state index contributed by atoms with van der Waals surface area (Å²) >= 11 is 3.02. The second-order valence-corrected chi connectivity index (χ2v) is 9.09. The van der Waals surface area contributed by atoms with E-state index in [9.17, 15) is 9.59 Å². The van der Waals surface area contributed by atoms with Crippen LogP contribution in [0.3, 0.4) is 0 Å². The normalized spacial score (nSPS) is 17.4. The molecule has 0 bridgehead atoms. The van der Waals surface area contributed by atoms with E-state index in [1.54, 1.807) is 25.4 Å². The summed E-state index contributed by atoms with van der Waals surface area (Å²) in [4.78, 5) is 33.7. The van der Waals surface area contributed by atoms with Crippen molar-refractivity contribution in [3.8, 4) is 0 Å². The number of hydrogen-bond donors (Lipinski definition) is 1. The SMILES string of the molecule is CCOC(=O)C1=C(c2ccccc2)N=C2SC=C(CC(=O)NCCOC)N2C1c1cccs1. The Hall–Kier alpha value is -2.88. The number of ether oxygens (including phenoxy) is 2. The number of nitrogens with one attached hydrogen (secondary N) is 1. The molecule has 0 spiro atoms. The smallest absolute Gasteiger partial charge is 0.338 e. The summed E-state index contributed by atoms with van der Waals surface area (Å²) in [6.07, 6.45) is 0.175. The first-order valence-corrected chi connectivity index (χ1v) is 12.4. The third kappa shape index (κ3) is 5.05. The molecule has 9 heteroatoms. The molecule has 1 aromatic carbocycles. The zero-order chi connectivity index (χ0) is 23.2. The van der Waals surface area contributed by atoms with Gasteiger partial charge in [-0.25, -0.2) is 9.79 Å². The molecule has 0 saturated carbocycles. The summed E-state index contributed by atoms with van der Waals surface area (Å²) in [5.74, 6) is -0.515. The molecular formula is C24H25N3O4S2. The third-order valence-electron chi connectivity index (χ3n) is 5.14. The maximum Gasteiger partial charge on any atom is 0.338 e. The number of aliphatic imine (C=N–C) groups is 1. The zero-order valence-electron chi connectivity index (χ0n) is 18.4. The topological polar surface area (TPSA) is 80.2 Å². The molecule has 7 nitrogen and oxygen atoms in total. The maximum atomic E-state index is 13.3. The number of carbonyl (C=O) groups excluding carboxylic acids is 2. The van der Waals surface area contributed by atoms with Crippen molar-refractivity contribution in [3.05, 3.63) is 75.0 Å². The number of amides is 1. The largest absolute Gasteiger partial charge is 0.463 e. The van der Waals surface area contributed by atoms with Crippen LogP contribution in [-0.2, 0) is 19.1 Å². The number of fused-ring (bicyclic) bond motifs is 1. The molecule has 2 aromatic rings. The van der Waals surface area contributed by atoms with Gasteiger partial charge in [-0.3, -0.25) is 4.79 Å². The van der Waals surface area contributed by atoms with E-state index < -0.39 is 12.0 Å². The van der Waals surface area contributed by atoms with Gasteiger partial charge in [0.2, 0.25) is 5.91 Å². The monoisotopic (exact) mass is 483 g/mol. The van der Waals surface area contributed by atoms with E-state index in [4.69, 9.17) is 14.5 Å². The van der Waals surface area contributed by atoms with Crippen LogP contribution in [0.2, 0.25) is 0 Å². The van der Waals surface area contributed by atoms with Gasteiger partial charge in [-0.1, -0.05) is 48.2 Å². The molecule has 0 aliphatic carbocycles. The number of esters is 1. The second-order valence-electron chi connectivity index (χ2n) is 7.28. The van der Waals surface area contributed by atoms with Crippen molar-refractivity contribution in [2.45, 2.75) is 19.4 Å². The van der Waals surface area contributed by atoms with Crippen LogP contribution < -0.4 is 5.32 Å². The average molecular weight is 484 g/mol. The molecule has 1 atom stereocenters. The first-order chi connectivity index (χ1) is 16.1. The molecule has 33 heavy (non-hydrogen) atoms. The van der Waals surface area contributed by atoms with Crippen molar-refractivity contribution < 1.29 is 19.1 Å². The van der Waals surface area contributed by atoms with E-state index >= 15 is 0 Å². The van der Waals surface area contributed by atoms with E-state index in [-0.39, 0.29) is 18.9 Å². The number of hydrogen-bond acceptors (Lipinski definition) is 8. The Morgan fingerprint density at radius 3 is 2.70 bits per heavy atom. The van der Waals surface area contributed by atoms with Crippen LogP contribution in [0.1, 0.15) is 29.8 Å². The Morgan fingerprint density at radius 1 is 1.18 bits per heavy atom. The van der Waals surface area contributed by atoms with Gasteiger partial charge in [-0.2, -0.15) is 0 Å². The van der Waals surface area contributed by atoms with Gasteiger partial charge in [-0.05, 0) is 23.8 Å². The summed E-state index contributed by atoms with van der Waals surface area (Å²) in [6.45, 7) is 2.94. The molecule has 0 saturated heterocycles. The molecule has 172 valence electrons. The van der Waals surface area contributed by atoms with Crippen LogP contribution in [0, 0.1) is 0 Å². The predicted molar refractivity (Wildman–Crippen MR) is 132 cm³/mol. The molecule has 0 radical (unpaired) electrons. The van der Waals surface area contributed by atoms with E-state index in [2.05, 4.69) is 5.32 Å². The van der Waals surface area contributed by atoms with Gasteiger partial charge in [-0.15, -0.1) is 11.3 Å². The molecular weight excluding hydrogens is 458 g/mol. The zero-order valence-corrected chi connectivity index (χ0v) is 20.1. The van der Waals surface area contributed by atoms with Gasteiger partial charge >= 0.3 is 5.97 Å². The van der Waals surface area contributed by atoms with Gasteiger partial charge < -0.3 is 19.7 Å². The van der Waals surface area contributed by atoms with Crippen molar-refractivity contribution >= 4 is 45.8 Å². The molecule has 0 fully saturated rings. The molecule has 2 aliphatic heterocycles. The van der Waals surface area contributed by atoms with Crippen molar-refractivity contribution in [1.29, 1.82) is 0 Å². The minimum atomic E-state index is -0.431. The quantitative estimate of drug-likeness (QED) is 0.426. The Balaban J connectivity index is 1.76. The Labute approximate surface area is 201 Å². The molecule has 2 aliphatic rings. The van der Waals surface area contributed by atoms with Crippen LogP contribution in [0.4, 0.5) is 0 Å². The lowest BCUT2D eigenvalue weighted by atomic mass is 9.95. The van der Waals surface area contributed by atoms with Crippen LogP contribution in [0.25, 0.3) is 5.70 Å². The van der Waals surface area contributed by atoms with E-state index in [1.807, 2.05) is 58.2 Å². The molecule has 1 N–H and O–H groups in total. The standard InChI is InChI=1S/C24H25N3O4S2/c1-3-31-23(29)20-21(16-8-5-4-6-9-16)26-24-27(22(20)18-10-7-13-32-18)17(15-33-24)14-19(28)25-11-12-30-2/h4-10,13,15,22H,3,11-12,14H2,1-2H3,(H,25,28). The summed E-state index contributed by atoms with van der Waals surface area (Å²) < 4.78 is 10.5. The van der Waals surface area contributed by atoms with Gasteiger partial charge in [0.05, 0.1) is 30.9 Å². The number of amidine groups is 1. The fraction of sp³-hybridized carbons (Fsp3) is 0.292. The minimum absolute atomic E-state index is 0.111. The number of thioether (sulfide) groups is 1. The Kier molecular flexibility index (Phi) is 7.64. The van der Waals surface area contributed by atoms with Crippen LogP contribution in [0.15, 0.2) is 69.5 Å². The Morgan fingerprint density at radius 2 is 2.00 bits per heavy atom. The highest BCUT2D eigenvalue weighted by Crippen LogP contribution is 2.47. The van der Waals surface area contributed by atoms with Crippen LogP contribution >= 0.6 is 23.1 Å². The second kappa shape index (κ2) is 10.8. The third-order valence-corrected chi connectivity index (χ3v) is 6.95. The lowest BCUT2D eigenvalue weighted by Crippen LogP contribution is -2.38. The number of rotatable bonds is 9. The first kappa shape index (κ1) is 23.3. The highest BCUT2D eigenvalue weighted by atomic mass is 32.2. The fourth-order valence-electron chi connectivity index (χ4n) is 3.72. The minimum Gasteiger partial charge on any atom is -0.463 e. The van der Waals surface area contributed by atoms with Gasteiger partial charge in [0, 0.05) is 29.8 Å². The maximum absolute atomic E-state index is 13.3. The van der Waals surface area contributed by atoms with Crippen LogP contribution in [-0.4, -0.2) is 48.8 Å². The summed E-state index contributed by atoms with van der Waals surface area (Å²) in [5.41, 5.74) is 2.72. The highest BCUT2D eigenvalue weighted by Gasteiger charge is 2.42. The number of methoxy groups -OCH3 is 1. The van der Waals surface area contributed by atoms with Crippen molar-refractivity contribution in [3.63, 3.8) is 0 Å². The molecule has 1 unspecified atom stereocenters. The molecule has 1 aromatic heterocycles. The summed E-state index contributed by atoms with van der Waals surface area (Å²) in [5, 5.41) is 7.52. The number of benzene rings is 1. The molecule has 1 amide bonds. The van der Waals surface area contributed by atoms with Crippen molar-refractivity contribution in [2.24, 2.45) is 4.99 Å². The predicted octanol–water partition coefficient (Wildman–Crippen LogP) is 4.18. The number of carbonyl (C=O) groups is 2. The first-order valence-electron chi connectivity index (χ1n) is 10.6. The van der Waals surface area contributed by atoms with Crippen LogP contribution in [0.5, 0.6) is 0 Å². The summed E-state index contributed by atoms with van der Waals surface area (Å²) in [7, 11) is 1.60. The van der Waals surface area contributed by atoms with Gasteiger partial charge in [0.25, 0.3) is 0 Å². The van der Waals surface area contributed by atoms with E-state index in [0.717, 1.165) is 21.3 Å². The average Bonchev–Trinajstić information content (AvgIpc) is 3.49. The van der Waals surface area contributed by atoms with Gasteiger partial charge in [0.1, 0.15) is 6.04 Å². The van der Waals surface area contributed by atoms with E-state index in [0.29, 0.717) is 24.4 Å². The lowest BCUT2D eigenvalue weighted by Gasteiger charge is -2.36. The number of nitrogens with zero attached hydrogens (tertiary/aromatic N) is 2. The summed E-state index contributed by atoms with van der Waals surface area (Å²) in [6, 6.07) is 13.2. The fourth-order valence-corrected chi connectivity index (χ4v) is 5.47. The van der Waals surface area contributed by atoms with E-state index in [1.165, 1.54) is 11.8 Å². The highest BCUT2D eigenvalue weighted by molar-refractivity contribution is 8.16.